The van der Waals surface area contributed by atoms with Crippen LogP contribution in [-0.2, 0) is 4.74 Å². The molecule has 1 unspecified atom stereocenters. The zero-order valence-corrected chi connectivity index (χ0v) is 8.50. The van der Waals surface area contributed by atoms with E-state index < -0.39 is 0 Å². The summed E-state index contributed by atoms with van der Waals surface area (Å²) in [6.07, 6.45) is 0.836. The van der Waals surface area contributed by atoms with Crippen LogP contribution in [0.1, 0.15) is 28.3 Å². The van der Waals surface area contributed by atoms with E-state index in [1.165, 1.54) is 0 Å². The number of carbonyl (C=O) groups excluding carboxylic acids is 1. The van der Waals surface area contributed by atoms with Crippen molar-refractivity contribution in [2.24, 2.45) is 5.92 Å². The van der Waals surface area contributed by atoms with Crippen LogP contribution in [0.15, 0.2) is 10.5 Å². The highest BCUT2D eigenvalue weighted by atomic mass is 16.5. The number of carbonyl (C=O) groups is 1. The average Bonchev–Trinajstić information content (AvgIpc) is 2.73. The molecule has 2 rings (SSSR count). The molecule has 2 heterocycles. The molecule has 14 heavy (non-hydrogen) atoms. The Morgan fingerprint density at radius 1 is 1.50 bits per heavy atom. The SMILES string of the molecule is Cc1cc(C(=O)C2CCOC2)c(C)o1. The van der Waals surface area contributed by atoms with Gasteiger partial charge < -0.3 is 9.15 Å². The standard InChI is InChI=1S/C11H14O3/c1-7-5-10(8(2)14-7)11(12)9-3-4-13-6-9/h5,9H,3-4,6H2,1-2H3. The molecule has 76 valence electrons. The molecule has 0 saturated carbocycles. The highest BCUT2D eigenvalue weighted by Gasteiger charge is 2.26. The summed E-state index contributed by atoms with van der Waals surface area (Å²) in [6, 6.07) is 1.82. The highest BCUT2D eigenvalue weighted by Crippen LogP contribution is 2.22. The van der Waals surface area contributed by atoms with E-state index in [1.807, 2.05) is 19.9 Å². The number of hydrogen-bond acceptors (Lipinski definition) is 3. The van der Waals surface area contributed by atoms with Crippen molar-refractivity contribution in [3.05, 3.63) is 23.2 Å². The van der Waals surface area contributed by atoms with Gasteiger partial charge in [-0.2, -0.15) is 0 Å². The Kier molecular flexibility index (Phi) is 2.42. The minimum Gasteiger partial charge on any atom is -0.466 e. The maximum Gasteiger partial charge on any atom is 0.171 e. The fourth-order valence-corrected chi connectivity index (χ4v) is 1.84. The molecule has 0 amide bonds. The summed E-state index contributed by atoms with van der Waals surface area (Å²) < 4.78 is 10.5. The number of aryl methyl sites for hydroxylation is 2. The molecule has 1 saturated heterocycles. The Bertz CT molecular complexity index is 345. The van der Waals surface area contributed by atoms with Gasteiger partial charge in [-0.25, -0.2) is 0 Å². The van der Waals surface area contributed by atoms with Crippen molar-refractivity contribution in [3.8, 4) is 0 Å². The molecule has 0 aliphatic carbocycles. The summed E-state index contributed by atoms with van der Waals surface area (Å²) in [7, 11) is 0. The smallest absolute Gasteiger partial charge is 0.171 e. The van der Waals surface area contributed by atoms with Gasteiger partial charge in [0.15, 0.2) is 5.78 Å². The van der Waals surface area contributed by atoms with Crippen LogP contribution in [-0.4, -0.2) is 19.0 Å². The first-order chi connectivity index (χ1) is 6.68. The Morgan fingerprint density at radius 3 is 2.79 bits per heavy atom. The maximum absolute atomic E-state index is 11.9. The molecule has 0 radical (unpaired) electrons. The Hall–Kier alpha value is -1.09. The molecule has 0 bridgehead atoms. The van der Waals surface area contributed by atoms with Gasteiger partial charge in [0.05, 0.1) is 12.2 Å². The van der Waals surface area contributed by atoms with E-state index in [0.717, 1.165) is 23.5 Å². The molecular formula is C11H14O3. The largest absolute Gasteiger partial charge is 0.466 e. The topological polar surface area (TPSA) is 39.4 Å². The lowest BCUT2D eigenvalue weighted by molar-refractivity contribution is 0.0899. The molecule has 1 aromatic rings. The monoisotopic (exact) mass is 194 g/mol. The molecule has 1 fully saturated rings. The van der Waals surface area contributed by atoms with Crippen LogP contribution in [0.5, 0.6) is 0 Å². The van der Waals surface area contributed by atoms with Crippen LogP contribution < -0.4 is 0 Å². The number of hydrogen-bond donors (Lipinski definition) is 0. The normalized spacial score (nSPS) is 21.4. The van der Waals surface area contributed by atoms with Gasteiger partial charge in [0.1, 0.15) is 11.5 Å². The molecule has 0 N–H and O–H groups in total. The number of ketones is 1. The molecular weight excluding hydrogens is 180 g/mol. The van der Waals surface area contributed by atoms with Crippen molar-refractivity contribution < 1.29 is 13.9 Å². The van der Waals surface area contributed by atoms with Gasteiger partial charge in [-0.05, 0) is 26.3 Å². The summed E-state index contributed by atoms with van der Waals surface area (Å²) in [6.45, 7) is 4.94. The lowest BCUT2D eigenvalue weighted by Crippen LogP contribution is -2.14. The summed E-state index contributed by atoms with van der Waals surface area (Å²) in [5.41, 5.74) is 0.720. The molecule has 1 aromatic heterocycles. The summed E-state index contributed by atoms with van der Waals surface area (Å²) in [5, 5.41) is 0. The van der Waals surface area contributed by atoms with Crippen LogP contribution in [0.4, 0.5) is 0 Å². The fraction of sp³-hybridized carbons (Fsp3) is 0.545. The van der Waals surface area contributed by atoms with Gasteiger partial charge in [0.2, 0.25) is 0 Å². The fourth-order valence-electron chi connectivity index (χ4n) is 1.84. The van der Waals surface area contributed by atoms with Crippen molar-refractivity contribution >= 4 is 5.78 Å². The summed E-state index contributed by atoms with van der Waals surface area (Å²) in [5.74, 6) is 1.71. The van der Waals surface area contributed by atoms with E-state index in [9.17, 15) is 4.79 Å². The van der Waals surface area contributed by atoms with E-state index in [-0.39, 0.29) is 11.7 Å². The van der Waals surface area contributed by atoms with Gasteiger partial charge >= 0.3 is 0 Å². The molecule has 3 heteroatoms. The first kappa shape index (κ1) is 9.46. The second kappa shape index (κ2) is 3.58. The van der Waals surface area contributed by atoms with E-state index in [4.69, 9.17) is 9.15 Å². The zero-order chi connectivity index (χ0) is 10.1. The number of rotatable bonds is 2. The number of Topliss-reactive ketones (excluding diaryl/α,β-unsaturated/α-hetero) is 1. The Labute approximate surface area is 83.0 Å². The molecule has 0 aromatic carbocycles. The molecule has 3 nitrogen and oxygen atoms in total. The first-order valence-electron chi connectivity index (χ1n) is 4.87. The van der Waals surface area contributed by atoms with Crippen LogP contribution in [0.25, 0.3) is 0 Å². The lowest BCUT2D eigenvalue weighted by Gasteiger charge is -2.04. The summed E-state index contributed by atoms with van der Waals surface area (Å²) >= 11 is 0. The third-order valence-electron chi connectivity index (χ3n) is 2.61. The second-order valence-electron chi connectivity index (χ2n) is 3.75. The van der Waals surface area contributed by atoms with Gasteiger partial charge in [-0.15, -0.1) is 0 Å². The van der Waals surface area contributed by atoms with Gasteiger partial charge in [-0.3, -0.25) is 4.79 Å². The number of ether oxygens (including phenoxy) is 1. The van der Waals surface area contributed by atoms with Crippen molar-refractivity contribution in [2.45, 2.75) is 20.3 Å². The maximum atomic E-state index is 11.9. The van der Waals surface area contributed by atoms with Gasteiger partial charge in [0, 0.05) is 12.5 Å². The van der Waals surface area contributed by atoms with Crippen molar-refractivity contribution in [2.75, 3.05) is 13.2 Å². The second-order valence-corrected chi connectivity index (χ2v) is 3.75. The van der Waals surface area contributed by atoms with Crippen molar-refractivity contribution in [1.29, 1.82) is 0 Å². The molecule has 1 aliphatic rings. The van der Waals surface area contributed by atoms with Crippen LogP contribution in [0, 0.1) is 19.8 Å². The lowest BCUT2D eigenvalue weighted by atomic mass is 9.97. The predicted octanol–water partition coefficient (Wildman–Crippen LogP) is 2.12. The highest BCUT2D eigenvalue weighted by molar-refractivity contribution is 5.99. The van der Waals surface area contributed by atoms with Gasteiger partial charge in [-0.1, -0.05) is 0 Å². The Morgan fingerprint density at radius 2 is 2.29 bits per heavy atom. The third-order valence-corrected chi connectivity index (χ3v) is 2.61. The summed E-state index contributed by atoms with van der Waals surface area (Å²) in [4.78, 5) is 11.9. The quantitative estimate of drug-likeness (QED) is 0.677. The van der Waals surface area contributed by atoms with Crippen LogP contribution >= 0.6 is 0 Å². The Balaban J connectivity index is 2.21. The first-order valence-corrected chi connectivity index (χ1v) is 4.87. The van der Waals surface area contributed by atoms with Gasteiger partial charge in [0.25, 0.3) is 0 Å². The predicted molar refractivity (Wildman–Crippen MR) is 51.4 cm³/mol. The van der Waals surface area contributed by atoms with Crippen molar-refractivity contribution in [3.63, 3.8) is 0 Å². The van der Waals surface area contributed by atoms with Crippen molar-refractivity contribution in [1.82, 2.24) is 0 Å². The third kappa shape index (κ3) is 1.60. The van der Waals surface area contributed by atoms with E-state index in [2.05, 4.69) is 0 Å². The molecule has 1 atom stereocenters. The minimum absolute atomic E-state index is 0.0331. The molecule has 0 spiro atoms. The zero-order valence-electron chi connectivity index (χ0n) is 8.50. The number of furan rings is 1. The van der Waals surface area contributed by atoms with E-state index in [1.54, 1.807) is 0 Å². The average molecular weight is 194 g/mol. The van der Waals surface area contributed by atoms with E-state index in [0.29, 0.717) is 13.2 Å². The van der Waals surface area contributed by atoms with Crippen LogP contribution in [0.3, 0.4) is 0 Å². The minimum atomic E-state index is 0.0331. The van der Waals surface area contributed by atoms with E-state index >= 15 is 0 Å². The van der Waals surface area contributed by atoms with Crippen LogP contribution in [0.2, 0.25) is 0 Å². The molecule has 1 aliphatic heterocycles.